The van der Waals surface area contributed by atoms with Gasteiger partial charge in [-0.1, -0.05) is 20.8 Å². The number of carbonyl (C=O) groups excluding carboxylic acids is 1. The van der Waals surface area contributed by atoms with Gasteiger partial charge in [-0.3, -0.25) is 4.79 Å². The van der Waals surface area contributed by atoms with Crippen molar-refractivity contribution in [1.82, 2.24) is 4.98 Å². The molecule has 0 saturated heterocycles. The zero-order chi connectivity index (χ0) is 15.7. The number of primary amides is 1. The SMILES string of the molecule is CC(C)(Nc1cc(C(=O)O)cc(C(C)(C)C)n1)C(N)=O. The van der Waals surface area contributed by atoms with E-state index in [0.717, 1.165) is 0 Å². The number of aromatic nitrogens is 1. The first-order valence-corrected chi connectivity index (χ1v) is 6.27. The summed E-state index contributed by atoms with van der Waals surface area (Å²) in [6.45, 7) is 9.03. The second kappa shape index (κ2) is 5.11. The van der Waals surface area contributed by atoms with Gasteiger partial charge in [0.1, 0.15) is 11.4 Å². The zero-order valence-electron chi connectivity index (χ0n) is 12.4. The van der Waals surface area contributed by atoms with Crippen LogP contribution in [0.25, 0.3) is 0 Å². The second-order valence-electron chi connectivity index (χ2n) is 6.30. The molecule has 0 aliphatic heterocycles. The molecular formula is C14H21N3O3. The van der Waals surface area contributed by atoms with E-state index in [4.69, 9.17) is 10.8 Å². The predicted octanol–water partition coefficient (Wildman–Crippen LogP) is 1.75. The lowest BCUT2D eigenvalue weighted by Gasteiger charge is -2.25. The fourth-order valence-electron chi connectivity index (χ4n) is 1.48. The lowest BCUT2D eigenvalue weighted by atomic mass is 9.90. The summed E-state index contributed by atoms with van der Waals surface area (Å²) >= 11 is 0. The van der Waals surface area contributed by atoms with Gasteiger partial charge in [0, 0.05) is 11.1 Å². The highest BCUT2D eigenvalue weighted by Gasteiger charge is 2.26. The summed E-state index contributed by atoms with van der Waals surface area (Å²) in [7, 11) is 0. The molecule has 0 aromatic carbocycles. The Morgan fingerprint density at radius 3 is 2.15 bits per heavy atom. The van der Waals surface area contributed by atoms with E-state index in [1.54, 1.807) is 13.8 Å². The summed E-state index contributed by atoms with van der Waals surface area (Å²) in [5, 5.41) is 12.0. The average Bonchev–Trinajstić information content (AvgIpc) is 2.26. The van der Waals surface area contributed by atoms with Gasteiger partial charge in [-0.2, -0.15) is 0 Å². The molecule has 1 aromatic heterocycles. The van der Waals surface area contributed by atoms with Crippen LogP contribution in [0.4, 0.5) is 5.82 Å². The van der Waals surface area contributed by atoms with Crippen molar-refractivity contribution in [2.75, 3.05) is 5.32 Å². The summed E-state index contributed by atoms with van der Waals surface area (Å²) in [5.74, 6) is -1.27. The highest BCUT2D eigenvalue weighted by atomic mass is 16.4. The largest absolute Gasteiger partial charge is 0.478 e. The Hall–Kier alpha value is -2.11. The van der Waals surface area contributed by atoms with E-state index in [-0.39, 0.29) is 11.0 Å². The van der Waals surface area contributed by atoms with Gasteiger partial charge in [-0.15, -0.1) is 0 Å². The number of nitrogens with two attached hydrogens (primary N) is 1. The highest BCUT2D eigenvalue weighted by molar-refractivity contribution is 5.90. The number of carboxylic acid groups (broad SMARTS) is 1. The van der Waals surface area contributed by atoms with Crippen LogP contribution in [0.2, 0.25) is 0 Å². The van der Waals surface area contributed by atoms with E-state index in [9.17, 15) is 9.59 Å². The molecule has 0 atom stereocenters. The van der Waals surface area contributed by atoms with Gasteiger partial charge in [0.05, 0.1) is 5.56 Å². The number of rotatable bonds is 4. The Bertz CT molecular complexity index is 545. The highest BCUT2D eigenvalue weighted by Crippen LogP contribution is 2.24. The maximum absolute atomic E-state index is 11.3. The molecule has 110 valence electrons. The van der Waals surface area contributed by atoms with Crippen LogP contribution in [0, 0.1) is 0 Å². The van der Waals surface area contributed by atoms with Crippen molar-refractivity contribution in [2.45, 2.75) is 45.6 Å². The van der Waals surface area contributed by atoms with Crippen LogP contribution >= 0.6 is 0 Å². The minimum atomic E-state index is -1.04. The first-order chi connectivity index (χ1) is 8.93. The van der Waals surface area contributed by atoms with Crippen LogP contribution in [0.5, 0.6) is 0 Å². The number of nitrogens with zero attached hydrogens (tertiary/aromatic N) is 1. The molecule has 0 bridgehead atoms. The fourth-order valence-corrected chi connectivity index (χ4v) is 1.48. The summed E-state index contributed by atoms with van der Waals surface area (Å²) in [6, 6.07) is 2.92. The second-order valence-corrected chi connectivity index (χ2v) is 6.30. The van der Waals surface area contributed by atoms with Gasteiger partial charge in [-0.25, -0.2) is 9.78 Å². The third-order valence-corrected chi connectivity index (χ3v) is 2.90. The zero-order valence-corrected chi connectivity index (χ0v) is 12.4. The topological polar surface area (TPSA) is 105 Å². The third kappa shape index (κ3) is 3.69. The number of aromatic carboxylic acids is 1. The molecule has 0 saturated carbocycles. The van der Waals surface area contributed by atoms with Crippen LogP contribution in [0.1, 0.15) is 50.7 Å². The Labute approximate surface area is 118 Å². The minimum Gasteiger partial charge on any atom is -0.478 e. The molecular weight excluding hydrogens is 258 g/mol. The molecule has 0 spiro atoms. The summed E-state index contributed by atoms with van der Waals surface area (Å²) < 4.78 is 0. The van der Waals surface area contributed by atoms with Crippen molar-refractivity contribution >= 4 is 17.7 Å². The lowest BCUT2D eigenvalue weighted by molar-refractivity contribution is -0.121. The molecule has 0 aliphatic carbocycles. The van der Waals surface area contributed by atoms with Crippen molar-refractivity contribution in [3.05, 3.63) is 23.4 Å². The molecule has 1 heterocycles. The lowest BCUT2D eigenvalue weighted by Crippen LogP contribution is -2.45. The molecule has 0 aliphatic rings. The standard InChI is InChI=1S/C14H21N3O3/c1-13(2,3)9-6-8(11(18)19)7-10(16-9)17-14(4,5)12(15)20/h6-7H,1-5H3,(H2,15,20)(H,16,17)(H,18,19). The number of carbonyl (C=O) groups is 2. The Kier molecular flexibility index (Phi) is 4.07. The van der Waals surface area contributed by atoms with Crippen molar-refractivity contribution in [2.24, 2.45) is 5.73 Å². The fraction of sp³-hybridized carbons (Fsp3) is 0.500. The van der Waals surface area contributed by atoms with E-state index in [2.05, 4.69) is 10.3 Å². The quantitative estimate of drug-likeness (QED) is 0.778. The van der Waals surface area contributed by atoms with E-state index < -0.39 is 17.4 Å². The molecule has 0 radical (unpaired) electrons. The normalized spacial score (nSPS) is 12.1. The van der Waals surface area contributed by atoms with Gasteiger partial charge >= 0.3 is 5.97 Å². The van der Waals surface area contributed by atoms with Crippen LogP contribution < -0.4 is 11.1 Å². The minimum absolute atomic E-state index is 0.118. The third-order valence-electron chi connectivity index (χ3n) is 2.90. The first kappa shape index (κ1) is 15.9. The van der Waals surface area contributed by atoms with Crippen LogP contribution in [0.3, 0.4) is 0 Å². The maximum atomic E-state index is 11.3. The van der Waals surface area contributed by atoms with Gasteiger partial charge in [0.15, 0.2) is 0 Å². The smallest absolute Gasteiger partial charge is 0.335 e. The number of amides is 1. The molecule has 6 nitrogen and oxygen atoms in total. The van der Waals surface area contributed by atoms with Gasteiger partial charge in [0.25, 0.3) is 0 Å². The monoisotopic (exact) mass is 279 g/mol. The summed E-state index contributed by atoms with van der Waals surface area (Å²) in [5.41, 5.74) is 4.72. The molecule has 0 fully saturated rings. The van der Waals surface area contributed by atoms with E-state index in [1.807, 2.05) is 20.8 Å². The summed E-state index contributed by atoms with van der Waals surface area (Å²) in [4.78, 5) is 26.9. The number of anilines is 1. The number of hydrogen-bond acceptors (Lipinski definition) is 4. The maximum Gasteiger partial charge on any atom is 0.335 e. The van der Waals surface area contributed by atoms with Crippen molar-refractivity contribution in [1.29, 1.82) is 0 Å². The Morgan fingerprint density at radius 2 is 1.75 bits per heavy atom. The number of pyridine rings is 1. The Morgan fingerprint density at radius 1 is 1.20 bits per heavy atom. The molecule has 0 unspecified atom stereocenters. The number of nitrogens with one attached hydrogen (secondary N) is 1. The molecule has 6 heteroatoms. The van der Waals surface area contributed by atoms with Crippen LogP contribution in [-0.4, -0.2) is 27.5 Å². The molecule has 20 heavy (non-hydrogen) atoms. The van der Waals surface area contributed by atoms with Gasteiger partial charge < -0.3 is 16.2 Å². The molecule has 1 rings (SSSR count). The average molecular weight is 279 g/mol. The van der Waals surface area contributed by atoms with Crippen molar-refractivity contribution < 1.29 is 14.7 Å². The van der Waals surface area contributed by atoms with Gasteiger partial charge in [0.2, 0.25) is 5.91 Å². The van der Waals surface area contributed by atoms with E-state index in [0.29, 0.717) is 11.5 Å². The number of hydrogen-bond donors (Lipinski definition) is 3. The van der Waals surface area contributed by atoms with E-state index >= 15 is 0 Å². The number of carboxylic acids is 1. The first-order valence-electron chi connectivity index (χ1n) is 6.27. The molecule has 1 amide bonds. The Balaban J connectivity index is 3.30. The predicted molar refractivity (Wildman–Crippen MR) is 76.8 cm³/mol. The van der Waals surface area contributed by atoms with Crippen LogP contribution in [0.15, 0.2) is 12.1 Å². The van der Waals surface area contributed by atoms with Crippen molar-refractivity contribution in [3.8, 4) is 0 Å². The van der Waals surface area contributed by atoms with Crippen LogP contribution in [-0.2, 0) is 10.2 Å². The molecule has 4 N–H and O–H groups in total. The van der Waals surface area contributed by atoms with Crippen molar-refractivity contribution in [3.63, 3.8) is 0 Å². The summed E-state index contributed by atoms with van der Waals surface area (Å²) in [6.07, 6.45) is 0. The molecule has 1 aromatic rings. The van der Waals surface area contributed by atoms with Gasteiger partial charge in [-0.05, 0) is 26.0 Å². The van der Waals surface area contributed by atoms with E-state index in [1.165, 1.54) is 12.1 Å².